The summed E-state index contributed by atoms with van der Waals surface area (Å²) in [7, 11) is 0. The molecule has 0 fully saturated rings. The molecule has 106 valence electrons. The molecule has 2 rings (SSSR count). The molecule has 0 aliphatic heterocycles. The van der Waals surface area contributed by atoms with Crippen LogP contribution in [0.5, 0.6) is 5.75 Å². The summed E-state index contributed by atoms with van der Waals surface area (Å²) >= 11 is 7.14. The maximum Gasteiger partial charge on any atom is 0.148 e. The fraction of sp³-hybridized carbons (Fsp3) is 0.250. The molecule has 2 aromatic carbocycles. The normalized spacial score (nSPS) is 10.7. The van der Waals surface area contributed by atoms with Crippen molar-refractivity contribution < 1.29 is 4.74 Å². The average Bonchev–Trinajstić information content (AvgIpc) is 2.41. The van der Waals surface area contributed by atoms with Gasteiger partial charge in [0.15, 0.2) is 0 Å². The molecule has 0 unspecified atom stereocenters. The van der Waals surface area contributed by atoms with Crippen LogP contribution in [0.25, 0.3) is 0 Å². The van der Waals surface area contributed by atoms with E-state index >= 15 is 0 Å². The summed E-state index contributed by atoms with van der Waals surface area (Å²) in [5.74, 6) is 0.850. The molecule has 0 bridgehead atoms. The van der Waals surface area contributed by atoms with Gasteiger partial charge in [-0.2, -0.15) is 0 Å². The smallest absolute Gasteiger partial charge is 0.148 e. The van der Waals surface area contributed by atoms with Gasteiger partial charge in [-0.25, -0.2) is 0 Å². The summed E-state index contributed by atoms with van der Waals surface area (Å²) < 4.78 is 7.71. The van der Waals surface area contributed by atoms with E-state index in [1.165, 1.54) is 5.56 Å². The summed E-state index contributed by atoms with van der Waals surface area (Å²) in [6.45, 7) is 4.80. The third kappa shape index (κ3) is 4.25. The highest BCUT2D eigenvalue weighted by Crippen LogP contribution is 2.35. The lowest BCUT2D eigenvalue weighted by Crippen LogP contribution is -2.07. The topological polar surface area (TPSA) is 21.3 Å². The van der Waals surface area contributed by atoms with Gasteiger partial charge in [-0.1, -0.05) is 18.2 Å². The van der Waals surface area contributed by atoms with Crippen LogP contribution in [-0.2, 0) is 6.54 Å². The van der Waals surface area contributed by atoms with E-state index in [4.69, 9.17) is 4.74 Å². The number of hydrogen-bond acceptors (Lipinski definition) is 2. The third-order valence-electron chi connectivity index (χ3n) is 2.68. The number of nitrogens with one attached hydrogen (secondary N) is 1. The van der Waals surface area contributed by atoms with Gasteiger partial charge in [0.2, 0.25) is 0 Å². The van der Waals surface area contributed by atoms with Crippen molar-refractivity contribution in [3.8, 4) is 5.75 Å². The summed E-state index contributed by atoms with van der Waals surface area (Å²) in [6.07, 6.45) is 0.149. The largest absolute Gasteiger partial charge is 0.489 e. The highest BCUT2D eigenvalue weighted by atomic mass is 79.9. The van der Waals surface area contributed by atoms with E-state index in [2.05, 4.69) is 61.4 Å². The van der Waals surface area contributed by atoms with E-state index in [0.717, 1.165) is 26.9 Å². The molecule has 0 saturated carbocycles. The number of rotatable bonds is 5. The minimum Gasteiger partial charge on any atom is -0.489 e. The van der Waals surface area contributed by atoms with E-state index in [9.17, 15) is 0 Å². The second-order valence-electron chi connectivity index (χ2n) is 4.77. The third-order valence-corrected chi connectivity index (χ3v) is 3.86. The molecule has 2 nitrogen and oxygen atoms in total. The van der Waals surface area contributed by atoms with Gasteiger partial charge in [0, 0.05) is 12.2 Å². The Morgan fingerprint density at radius 1 is 1.05 bits per heavy atom. The molecule has 1 N–H and O–H groups in total. The molecule has 0 amide bonds. The Bertz CT molecular complexity index is 547. The van der Waals surface area contributed by atoms with Gasteiger partial charge >= 0.3 is 0 Å². The van der Waals surface area contributed by atoms with E-state index in [0.29, 0.717) is 0 Å². The zero-order valence-electron chi connectivity index (χ0n) is 11.5. The van der Waals surface area contributed by atoms with Crippen molar-refractivity contribution in [3.63, 3.8) is 0 Å². The predicted octanol–water partition coefficient (Wildman–Crippen LogP) is 5.61. The molecule has 0 heterocycles. The van der Waals surface area contributed by atoms with Gasteiger partial charge in [0.05, 0.1) is 15.0 Å². The monoisotopic (exact) mass is 397 g/mol. The molecule has 0 aliphatic rings. The summed E-state index contributed by atoms with van der Waals surface area (Å²) in [5, 5.41) is 3.39. The minimum atomic E-state index is 0.149. The van der Waals surface area contributed by atoms with Gasteiger partial charge in [-0.3, -0.25) is 0 Å². The van der Waals surface area contributed by atoms with Crippen LogP contribution in [0.15, 0.2) is 51.4 Å². The molecule has 0 aliphatic carbocycles. The molecule has 0 spiro atoms. The van der Waals surface area contributed by atoms with Crippen molar-refractivity contribution in [1.82, 2.24) is 0 Å². The average molecular weight is 399 g/mol. The Morgan fingerprint density at radius 3 is 2.20 bits per heavy atom. The minimum absolute atomic E-state index is 0.149. The molecule has 4 heteroatoms. The highest BCUT2D eigenvalue weighted by Gasteiger charge is 2.10. The number of ether oxygens (including phenoxy) is 1. The number of hydrogen-bond donors (Lipinski definition) is 1. The van der Waals surface area contributed by atoms with Crippen molar-refractivity contribution in [2.24, 2.45) is 0 Å². The second-order valence-corrected chi connectivity index (χ2v) is 6.48. The van der Waals surface area contributed by atoms with Gasteiger partial charge in [0.25, 0.3) is 0 Å². The Morgan fingerprint density at radius 2 is 1.65 bits per heavy atom. The van der Waals surface area contributed by atoms with Gasteiger partial charge < -0.3 is 10.1 Å². The molecule has 2 aromatic rings. The quantitative estimate of drug-likeness (QED) is 0.706. The van der Waals surface area contributed by atoms with Crippen LogP contribution in [-0.4, -0.2) is 6.10 Å². The first-order valence-electron chi connectivity index (χ1n) is 6.49. The zero-order valence-corrected chi connectivity index (χ0v) is 14.7. The van der Waals surface area contributed by atoms with Crippen LogP contribution in [0.4, 0.5) is 5.69 Å². The maximum absolute atomic E-state index is 5.78. The first kappa shape index (κ1) is 15.4. The Labute approximate surface area is 136 Å². The Balaban J connectivity index is 2.10. The lowest BCUT2D eigenvalue weighted by molar-refractivity contribution is 0.239. The number of para-hydroxylation sites is 1. The standard InChI is InChI=1S/C16H17Br2NO/c1-11(2)20-16-14(17)8-12(9-15(16)18)10-19-13-6-4-3-5-7-13/h3-9,11,19H,10H2,1-2H3. The SMILES string of the molecule is CC(C)Oc1c(Br)cc(CNc2ccccc2)cc1Br. The van der Waals surface area contributed by atoms with Crippen molar-refractivity contribution >= 4 is 37.5 Å². The molecule has 0 radical (unpaired) electrons. The molecule has 20 heavy (non-hydrogen) atoms. The number of halogens is 2. The Hall–Kier alpha value is -1.00. The molecule has 0 aromatic heterocycles. The fourth-order valence-corrected chi connectivity index (χ4v) is 3.29. The molecular weight excluding hydrogens is 382 g/mol. The van der Waals surface area contributed by atoms with Gasteiger partial charge in [-0.05, 0) is 75.5 Å². The van der Waals surface area contributed by atoms with Crippen LogP contribution in [0, 0.1) is 0 Å². The highest BCUT2D eigenvalue weighted by molar-refractivity contribution is 9.11. The summed E-state index contributed by atoms with van der Waals surface area (Å²) in [5.41, 5.74) is 2.30. The van der Waals surface area contributed by atoms with Gasteiger partial charge in [-0.15, -0.1) is 0 Å². The van der Waals surface area contributed by atoms with Crippen LogP contribution in [0.1, 0.15) is 19.4 Å². The van der Waals surface area contributed by atoms with Crippen molar-refractivity contribution in [1.29, 1.82) is 0 Å². The van der Waals surface area contributed by atoms with Crippen molar-refractivity contribution in [2.45, 2.75) is 26.5 Å². The van der Waals surface area contributed by atoms with Crippen molar-refractivity contribution in [3.05, 3.63) is 57.0 Å². The van der Waals surface area contributed by atoms with Crippen LogP contribution >= 0.6 is 31.9 Å². The zero-order chi connectivity index (χ0) is 14.5. The predicted molar refractivity (Wildman–Crippen MR) is 91.4 cm³/mol. The fourth-order valence-electron chi connectivity index (χ4n) is 1.82. The van der Waals surface area contributed by atoms with E-state index in [-0.39, 0.29) is 6.10 Å². The van der Waals surface area contributed by atoms with E-state index < -0.39 is 0 Å². The maximum atomic E-state index is 5.78. The number of benzene rings is 2. The summed E-state index contributed by atoms with van der Waals surface area (Å²) in [6, 6.07) is 14.3. The Kier molecular flexibility index (Phi) is 5.49. The van der Waals surface area contributed by atoms with Gasteiger partial charge in [0.1, 0.15) is 5.75 Å². The van der Waals surface area contributed by atoms with Crippen LogP contribution < -0.4 is 10.1 Å². The number of anilines is 1. The second kappa shape index (κ2) is 7.14. The molecular formula is C16H17Br2NO. The van der Waals surface area contributed by atoms with Crippen molar-refractivity contribution in [2.75, 3.05) is 5.32 Å². The first-order valence-corrected chi connectivity index (χ1v) is 8.08. The lowest BCUT2D eigenvalue weighted by Gasteiger charge is -2.15. The lowest BCUT2D eigenvalue weighted by atomic mass is 10.2. The van der Waals surface area contributed by atoms with E-state index in [1.807, 2.05) is 32.0 Å². The molecule has 0 atom stereocenters. The molecule has 0 saturated heterocycles. The summed E-state index contributed by atoms with van der Waals surface area (Å²) in [4.78, 5) is 0. The van der Waals surface area contributed by atoms with E-state index in [1.54, 1.807) is 0 Å². The van der Waals surface area contributed by atoms with Crippen LogP contribution in [0.3, 0.4) is 0 Å². The first-order chi connectivity index (χ1) is 9.56. The van der Waals surface area contributed by atoms with Crippen LogP contribution in [0.2, 0.25) is 0 Å².